The zero-order valence-corrected chi connectivity index (χ0v) is 10.3. The molecule has 0 spiro atoms. The third kappa shape index (κ3) is 1.83. The van der Waals surface area contributed by atoms with E-state index in [4.69, 9.17) is 5.11 Å². The van der Waals surface area contributed by atoms with Crippen molar-refractivity contribution in [2.24, 2.45) is 0 Å². The first kappa shape index (κ1) is 11.1. The van der Waals surface area contributed by atoms with E-state index in [1.807, 2.05) is 23.6 Å². The van der Waals surface area contributed by atoms with Crippen LogP contribution in [0.4, 0.5) is 0 Å². The van der Waals surface area contributed by atoms with Crippen LogP contribution in [0.3, 0.4) is 0 Å². The molecule has 0 aromatic heterocycles. The fourth-order valence-electron chi connectivity index (χ4n) is 2.04. The highest BCUT2D eigenvalue weighted by atomic mass is 32.2. The van der Waals surface area contributed by atoms with Crippen LogP contribution in [0.5, 0.6) is 0 Å². The Hall–Kier alpha value is -2.00. The summed E-state index contributed by atoms with van der Waals surface area (Å²) >= 11 is 1.55. The molecule has 0 unspecified atom stereocenters. The molecule has 0 saturated carbocycles. The third-order valence-corrected chi connectivity index (χ3v) is 3.79. The van der Waals surface area contributed by atoms with Gasteiger partial charge in [0.05, 0.1) is 5.56 Å². The number of hydrogen-bond acceptors (Lipinski definition) is 2. The van der Waals surface area contributed by atoms with Crippen LogP contribution in [0, 0.1) is 0 Å². The van der Waals surface area contributed by atoms with E-state index < -0.39 is 5.97 Å². The standard InChI is InChI=1S/C15H10O2S/c16-15(17)11-5-6-13-12-4-2-1-3-10(12)7-8-18-14(13)9-11/h1-9H,(H,16,17). The van der Waals surface area contributed by atoms with Gasteiger partial charge in [0.25, 0.3) is 0 Å². The van der Waals surface area contributed by atoms with Gasteiger partial charge in [0.1, 0.15) is 0 Å². The number of fused-ring (bicyclic) bond motifs is 3. The Morgan fingerprint density at radius 2 is 1.89 bits per heavy atom. The number of benzene rings is 2. The summed E-state index contributed by atoms with van der Waals surface area (Å²) in [5.74, 6) is -0.889. The van der Waals surface area contributed by atoms with E-state index in [1.165, 1.54) is 0 Å². The molecule has 0 amide bonds. The minimum atomic E-state index is -0.889. The lowest BCUT2D eigenvalue weighted by molar-refractivity contribution is 0.0696. The lowest BCUT2D eigenvalue weighted by Gasteiger charge is -2.09. The average molecular weight is 254 g/mol. The molecule has 1 aliphatic rings. The number of hydrogen-bond donors (Lipinski definition) is 1. The largest absolute Gasteiger partial charge is 0.478 e. The summed E-state index contributed by atoms with van der Waals surface area (Å²) in [5, 5.41) is 11.0. The van der Waals surface area contributed by atoms with Crippen LogP contribution in [-0.4, -0.2) is 11.1 Å². The molecule has 0 bridgehead atoms. The van der Waals surface area contributed by atoms with E-state index in [1.54, 1.807) is 23.9 Å². The van der Waals surface area contributed by atoms with E-state index >= 15 is 0 Å². The molecule has 2 nitrogen and oxygen atoms in total. The van der Waals surface area contributed by atoms with Crippen molar-refractivity contribution < 1.29 is 9.90 Å². The summed E-state index contributed by atoms with van der Waals surface area (Å²) in [6.07, 6.45) is 2.06. The Labute approximate surface area is 109 Å². The molecule has 2 aromatic rings. The maximum Gasteiger partial charge on any atom is 0.335 e. The van der Waals surface area contributed by atoms with E-state index in [0.717, 1.165) is 21.6 Å². The molecule has 3 heteroatoms. The normalized spacial score (nSPS) is 12.4. The first-order valence-corrected chi connectivity index (χ1v) is 6.43. The summed E-state index contributed by atoms with van der Waals surface area (Å²) in [7, 11) is 0. The van der Waals surface area contributed by atoms with Crippen molar-refractivity contribution in [2.75, 3.05) is 0 Å². The second-order valence-electron chi connectivity index (χ2n) is 4.02. The van der Waals surface area contributed by atoms with Crippen LogP contribution in [0.25, 0.3) is 17.2 Å². The minimum absolute atomic E-state index is 0.328. The fraction of sp³-hybridized carbons (Fsp3) is 0. The molecule has 1 aliphatic heterocycles. The maximum atomic E-state index is 11.0. The van der Waals surface area contributed by atoms with Crippen LogP contribution in [-0.2, 0) is 0 Å². The number of thioether (sulfide) groups is 1. The van der Waals surface area contributed by atoms with Crippen molar-refractivity contribution in [1.82, 2.24) is 0 Å². The van der Waals surface area contributed by atoms with Gasteiger partial charge in [-0.3, -0.25) is 0 Å². The Bertz CT molecular complexity index is 659. The topological polar surface area (TPSA) is 37.3 Å². The Morgan fingerprint density at radius 1 is 1.06 bits per heavy atom. The van der Waals surface area contributed by atoms with Crippen LogP contribution in [0.2, 0.25) is 0 Å². The SMILES string of the molecule is O=C(O)c1ccc2c(c1)SC=Cc1ccccc1-2. The summed E-state index contributed by atoms with van der Waals surface area (Å²) in [6, 6.07) is 13.4. The number of carbonyl (C=O) groups is 1. The molecule has 18 heavy (non-hydrogen) atoms. The van der Waals surface area contributed by atoms with Gasteiger partial charge in [-0.05, 0) is 40.3 Å². The van der Waals surface area contributed by atoms with Crippen molar-refractivity contribution in [2.45, 2.75) is 4.90 Å². The number of aromatic carboxylic acids is 1. The summed E-state index contributed by atoms with van der Waals surface area (Å²) in [6.45, 7) is 0. The lowest BCUT2D eigenvalue weighted by Crippen LogP contribution is -1.96. The van der Waals surface area contributed by atoms with Crippen molar-refractivity contribution >= 4 is 23.8 Å². The van der Waals surface area contributed by atoms with Gasteiger partial charge < -0.3 is 5.11 Å². The fourth-order valence-corrected chi connectivity index (χ4v) is 2.90. The molecule has 1 N–H and O–H groups in total. The smallest absolute Gasteiger partial charge is 0.335 e. The van der Waals surface area contributed by atoms with E-state index in [2.05, 4.69) is 18.2 Å². The van der Waals surface area contributed by atoms with Gasteiger partial charge in [-0.1, -0.05) is 42.1 Å². The highest BCUT2D eigenvalue weighted by molar-refractivity contribution is 8.02. The summed E-state index contributed by atoms with van der Waals surface area (Å²) in [4.78, 5) is 12.0. The van der Waals surface area contributed by atoms with Gasteiger partial charge in [-0.2, -0.15) is 0 Å². The lowest BCUT2D eigenvalue weighted by atomic mass is 9.99. The van der Waals surface area contributed by atoms with Gasteiger partial charge in [-0.25, -0.2) is 4.79 Å². The molecule has 0 radical (unpaired) electrons. The summed E-state index contributed by atoms with van der Waals surface area (Å²) < 4.78 is 0. The van der Waals surface area contributed by atoms with Crippen LogP contribution in [0.15, 0.2) is 52.8 Å². The van der Waals surface area contributed by atoms with E-state index in [-0.39, 0.29) is 0 Å². The second kappa shape index (κ2) is 4.35. The molecule has 0 saturated heterocycles. The summed E-state index contributed by atoms with van der Waals surface area (Å²) in [5.41, 5.74) is 3.72. The van der Waals surface area contributed by atoms with Crippen molar-refractivity contribution in [3.63, 3.8) is 0 Å². The molecular weight excluding hydrogens is 244 g/mol. The molecule has 3 rings (SSSR count). The Morgan fingerprint density at radius 3 is 2.72 bits per heavy atom. The van der Waals surface area contributed by atoms with Gasteiger partial charge in [0, 0.05) is 4.90 Å². The maximum absolute atomic E-state index is 11.0. The predicted molar refractivity (Wildman–Crippen MR) is 73.7 cm³/mol. The number of rotatable bonds is 1. The average Bonchev–Trinajstić information content (AvgIpc) is 2.57. The first-order valence-electron chi connectivity index (χ1n) is 5.55. The van der Waals surface area contributed by atoms with Crippen molar-refractivity contribution in [1.29, 1.82) is 0 Å². The van der Waals surface area contributed by atoms with Crippen LogP contribution >= 0.6 is 11.8 Å². The quantitative estimate of drug-likeness (QED) is 0.831. The molecule has 2 aromatic carbocycles. The Balaban J connectivity index is 2.23. The molecule has 0 atom stereocenters. The first-order chi connectivity index (χ1) is 8.75. The molecule has 88 valence electrons. The molecular formula is C15H10O2S. The minimum Gasteiger partial charge on any atom is -0.478 e. The van der Waals surface area contributed by atoms with Crippen LogP contribution in [0.1, 0.15) is 15.9 Å². The Kier molecular flexibility index (Phi) is 2.68. The van der Waals surface area contributed by atoms with Gasteiger partial charge >= 0.3 is 5.97 Å². The molecule has 0 fully saturated rings. The second-order valence-corrected chi connectivity index (χ2v) is 4.97. The molecule has 0 aliphatic carbocycles. The predicted octanol–water partition coefficient (Wildman–Crippen LogP) is 4.13. The number of carboxylic acids is 1. The third-order valence-electron chi connectivity index (χ3n) is 2.92. The zero-order valence-electron chi connectivity index (χ0n) is 9.46. The van der Waals surface area contributed by atoms with Crippen molar-refractivity contribution in [3.8, 4) is 11.1 Å². The van der Waals surface area contributed by atoms with Gasteiger partial charge in [0.2, 0.25) is 0 Å². The highest BCUT2D eigenvalue weighted by Gasteiger charge is 2.13. The zero-order chi connectivity index (χ0) is 12.5. The van der Waals surface area contributed by atoms with Crippen molar-refractivity contribution in [3.05, 3.63) is 59.0 Å². The van der Waals surface area contributed by atoms with E-state index in [0.29, 0.717) is 5.56 Å². The van der Waals surface area contributed by atoms with Gasteiger partial charge in [0.15, 0.2) is 0 Å². The highest BCUT2D eigenvalue weighted by Crippen LogP contribution is 2.38. The van der Waals surface area contributed by atoms with E-state index in [9.17, 15) is 4.79 Å². The molecule has 1 heterocycles. The van der Waals surface area contributed by atoms with Crippen LogP contribution < -0.4 is 0 Å². The monoisotopic (exact) mass is 254 g/mol. The number of carboxylic acid groups (broad SMARTS) is 1. The van der Waals surface area contributed by atoms with Gasteiger partial charge in [-0.15, -0.1) is 0 Å².